The summed E-state index contributed by atoms with van der Waals surface area (Å²) in [7, 11) is 3.88. The highest BCUT2D eigenvalue weighted by atomic mass is 32.2. The van der Waals surface area contributed by atoms with Gasteiger partial charge in [0.05, 0.1) is 12.6 Å². The predicted molar refractivity (Wildman–Crippen MR) is 83.2 cm³/mol. The molecule has 20 heavy (non-hydrogen) atoms. The van der Waals surface area contributed by atoms with Crippen LogP contribution >= 0.6 is 11.9 Å². The molecule has 1 aromatic carbocycles. The van der Waals surface area contributed by atoms with Gasteiger partial charge in [0.2, 0.25) is 0 Å². The van der Waals surface area contributed by atoms with E-state index < -0.39 is 0 Å². The Kier molecular flexibility index (Phi) is 4.10. The van der Waals surface area contributed by atoms with Gasteiger partial charge in [0.1, 0.15) is 5.75 Å². The zero-order valence-corrected chi connectivity index (χ0v) is 12.7. The van der Waals surface area contributed by atoms with Gasteiger partial charge in [0.15, 0.2) is 0 Å². The normalized spacial score (nSPS) is 17.5. The van der Waals surface area contributed by atoms with Gasteiger partial charge in [-0.15, -0.1) is 0 Å². The Hall–Kier alpha value is -1.30. The molecule has 3 rings (SSSR count). The number of ether oxygens (including phenoxy) is 1. The first-order valence-corrected chi connectivity index (χ1v) is 7.58. The second-order valence-corrected chi connectivity index (χ2v) is 6.13. The van der Waals surface area contributed by atoms with Gasteiger partial charge in [-0.3, -0.25) is 4.98 Å². The molecule has 2 aromatic rings. The molecule has 0 N–H and O–H groups in total. The summed E-state index contributed by atoms with van der Waals surface area (Å²) in [5, 5.41) is 1.08. The van der Waals surface area contributed by atoms with Crippen molar-refractivity contribution in [3.63, 3.8) is 0 Å². The third-order valence-electron chi connectivity index (χ3n) is 3.60. The number of hydrogen-bond acceptors (Lipinski definition) is 5. The summed E-state index contributed by atoms with van der Waals surface area (Å²) in [6, 6.07) is 8.19. The summed E-state index contributed by atoms with van der Waals surface area (Å²) in [4.78, 5) is 8.09. The van der Waals surface area contributed by atoms with Crippen LogP contribution in [0.4, 0.5) is 0 Å². The Bertz CT molecular complexity index is 597. The van der Waals surface area contributed by atoms with Crippen LogP contribution in [0.25, 0.3) is 10.9 Å². The second kappa shape index (κ2) is 5.99. The topological polar surface area (TPSA) is 28.6 Å². The van der Waals surface area contributed by atoms with Crippen LogP contribution in [0, 0.1) is 0 Å². The first kappa shape index (κ1) is 13.7. The van der Waals surface area contributed by atoms with E-state index in [1.165, 1.54) is 4.90 Å². The van der Waals surface area contributed by atoms with Crippen LogP contribution in [0.15, 0.2) is 35.4 Å². The number of fused-ring (bicyclic) bond motifs is 1. The molecule has 0 saturated carbocycles. The zero-order valence-electron chi connectivity index (χ0n) is 11.9. The lowest BCUT2D eigenvalue weighted by Crippen LogP contribution is -2.40. The van der Waals surface area contributed by atoms with Gasteiger partial charge in [-0.25, -0.2) is 4.31 Å². The maximum atomic E-state index is 5.42. The summed E-state index contributed by atoms with van der Waals surface area (Å²) in [6.45, 7) is 4.41. The molecular weight excluding hydrogens is 270 g/mol. The van der Waals surface area contributed by atoms with Crippen molar-refractivity contribution in [2.75, 3.05) is 40.3 Å². The van der Waals surface area contributed by atoms with Crippen molar-refractivity contribution in [1.29, 1.82) is 0 Å². The molecule has 1 aliphatic heterocycles. The van der Waals surface area contributed by atoms with E-state index in [0.717, 1.165) is 42.8 Å². The van der Waals surface area contributed by atoms with Crippen molar-refractivity contribution in [3.05, 3.63) is 30.5 Å². The van der Waals surface area contributed by atoms with E-state index in [1.807, 2.05) is 12.3 Å². The Morgan fingerprint density at radius 1 is 1.15 bits per heavy atom. The number of methoxy groups -OCH3 is 1. The van der Waals surface area contributed by atoms with Crippen LogP contribution in [0.5, 0.6) is 5.75 Å². The van der Waals surface area contributed by atoms with Gasteiger partial charge in [0, 0.05) is 42.7 Å². The predicted octanol–water partition coefficient (Wildman–Crippen LogP) is 2.50. The number of benzene rings is 1. The van der Waals surface area contributed by atoms with Gasteiger partial charge in [-0.2, -0.15) is 0 Å². The summed E-state index contributed by atoms with van der Waals surface area (Å²) in [5.74, 6) is 0.885. The third-order valence-corrected chi connectivity index (χ3v) is 4.75. The van der Waals surface area contributed by atoms with Gasteiger partial charge in [-0.05, 0) is 37.2 Å². The summed E-state index contributed by atoms with van der Waals surface area (Å²) in [5.41, 5.74) is 1.02. The lowest BCUT2D eigenvalue weighted by atomic mass is 10.2. The number of rotatable bonds is 3. The standard InChI is InChI=1S/C15H19N3OS/c1-17-8-10-18(11-9-17)20-14-5-3-4-12-13(19-2)6-7-16-15(12)14/h3-7H,8-11H2,1-2H3. The first-order valence-electron chi connectivity index (χ1n) is 6.81. The van der Waals surface area contributed by atoms with Crippen molar-refractivity contribution < 1.29 is 4.74 Å². The van der Waals surface area contributed by atoms with Crippen molar-refractivity contribution >= 4 is 22.9 Å². The lowest BCUT2D eigenvalue weighted by Gasteiger charge is -2.31. The number of hydrogen-bond donors (Lipinski definition) is 0. The molecule has 1 aromatic heterocycles. The third kappa shape index (κ3) is 2.75. The number of pyridine rings is 1. The highest BCUT2D eigenvalue weighted by Crippen LogP contribution is 2.33. The summed E-state index contributed by atoms with van der Waals surface area (Å²) in [6.07, 6.45) is 1.81. The van der Waals surface area contributed by atoms with Gasteiger partial charge < -0.3 is 9.64 Å². The molecule has 1 aliphatic rings. The highest BCUT2D eigenvalue weighted by Gasteiger charge is 2.16. The van der Waals surface area contributed by atoms with E-state index in [1.54, 1.807) is 19.1 Å². The van der Waals surface area contributed by atoms with E-state index in [4.69, 9.17) is 4.74 Å². The minimum Gasteiger partial charge on any atom is -0.496 e. The molecule has 5 heteroatoms. The largest absolute Gasteiger partial charge is 0.496 e. The molecule has 0 bridgehead atoms. The Morgan fingerprint density at radius 3 is 2.70 bits per heavy atom. The average molecular weight is 289 g/mol. The number of aromatic nitrogens is 1. The maximum absolute atomic E-state index is 5.42. The lowest BCUT2D eigenvalue weighted by molar-refractivity contribution is 0.233. The Labute approximate surface area is 123 Å². The van der Waals surface area contributed by atoms with E-state index in [0.29, 0.717) is 0 Å². The van der Waals surface area contributed by atoms with Crippen molar-refractivity contribution in [1.82, 2.24) is 14.2 Å². The molecule has 0 unspecified atom stereocenters. The fourth-order valence-corrected chi connectivity index (χ4v) is 3.41. The molecule has 0 radical (unpaired) electrons. The SMILES string of the molecule is COc1ccnc2c(SN3CCN(C)CC3)cccc12. The van der Waals surface area contributed by atoms with Gasteiger partial charge in [-0.1, -0.05) is 6.07 Å². The van der Waals surface area contributed by atoms with Crippen LogP contribution in [-0.2, 0) is 0 Å². The highest BCUT2D eigenvalue weighted by molar-refractivity contribution is 7.97. The first-order chi connectivity index (χ1) is 9.78. The van der Waals surface area contributed by atoms with Crippen molar-refractivity contribution in [2.45, 2.75) is 4.90 Å². The fourth-order valence-electron chi connectivity index (χ4n) is 2.39. The number of piperazine rings is 1. The van der Waals surface area contributed by atoms with Crippen LogP contribution in [0.2, 0.25) is 0 Å². The Balaban J connectivity index is 1.88. The maximum Gasteiger partial charge on any atom is 0.129 e. The second-order valence-electron chi connectivity index (χ2n) is 4.99. The molecule has 0 amide bonds. The molecule has 0 atom stereocenters. The van der Waals surface area contributed by atoms with Crippen LogP contribution in [-0.4, -0.2) is 54.5 Å². The van der Waals surface area contributed by atoms with E-state index >= 15 is 0 Å². The van der Waals surface area contributed by atoms with Gasteiger partial charge in [0.25, 0.3) is 0 Å². The van der Waals surface area contributed by atoms with Gasteiger partial charge >= 0.3 is 0 Å². The van der Waals surface area contributed by atoms with Crippen molar-refractivity contribution in [2.24, 2.45) is 0 Å². The van der Waals surface area contributed by atoms with Crippen LogP contribution < -0.4 is 4.74 Å². The summed E-state index contributed by atoms with van der Waals surface area (Å²) >= 11 is 1.80. The molecule has 106 valence electrons. The molecule has 2 heterocycles. The monoisotopic (exact) mass is 289 g/mol. The van der Waals surface area contributed by atoms with Crippen molar-refractivity contribution in [3.8, 4) is 5.75 Å². The minimum atomic E-state index is 0.885. The molecule has 1 saturated heterocycles. The Morgan fingerprint density at radius 2 is 1.95 bits per heavy atom. The quantitative estimate of drug-likeness (QED) is 0.810. The molecule has 0 aliphatic carbocycles. The zero-order chi connectivity index (χ0) is 13.9. The van der Waals surface area contributed by atoms with Crippen LogP contribution in [0.3, 0.4) is 0 Å². The average Bonchev–Trinajstić information content (AvgIpc) is 2.49. The molecular formula is C15H19N3OS. The molecule has 4 nitrogen and oxygen atoms in total. The van der Waals surface area contributed by atoms with E-state index in [2.05, 4.69) is 39.4 Å². The molecule has 1 fully saturated rings. The minimum absolute atomic E-state index is 0.885. The summed E-state index contributed by atoms with van der Waals surface area (Å²) < 4.78 is 7.83. The number of likely N-dealkylation sites (N-methyl/N-ethyl adjacent to an activating group) is 1. The van der Waals surface area contributed by atoms with E-state index in [9.17, 15) is 0 Å². The number of nitrogens with zero attached hydrogens (tertiary/aromatic N) is 3. The number of para-hydroxylation sites is 1. The fraction of sp³-hybridized carbons (Fsp3) is 0.400. The molecule has 0 spiro atoms. The smallest absolute Gasteiger partial charge is 0.129 e. The van der Waals surface area contributed by atoms with E-state index in [-0.39, 0.29) is 0 Å². The van der Waals surface area contributed by atoms with Crippen LogP contribution in [0.1, 0.15) is 0 Å².